The van der Waals surface area contributed by atoms with Crippen LogP contribution in [0.2, 0.25) is 0 Å². The van der Waals surface area contributed by atoms with Gasteiger partial charge in [-0.3, -0.25) is 9.59 Å². The van der Waals surface area contributed by atoms with Gasteiger partial charge in [0, 0.05) is 26.1 Å². The summed E-state index contributed by atoms with van der Waals surface area (Å²) in [6, 6.07) is 0. The molecule has 1 atom stereocenters. The third-order valence-electron chi connectivity index (χ3n) is 3.07. The first-order valence-electron chi connectivity index (χ1n) is 6.20. The van der Waals surface area contributed by atoms with Crippen LogP contribution in [0.5, 0.6) is 0 Å². The topological polar surface area (TPSA) is 66.8 Å². The molecule has 0 aromatic carbocycles. The molecule has 0 aromatic heterocycles. The lowest BCUT2D eigenvalue weighted by Gasteiger charge is -2.32. The lowest BCUT2D eigenvalue weighted by Crippen LogP contribution is -2.41. The molecule has 17 heavy (non-hydrogen) atoms. The maximum absolute atomic E-state index is 11.7. The first kappa shape index (κ1) is 14.0. The van der Waals surface area contributed by atoms with Gasteiger partial charge in [-0.1, -0.05) is 0 Å². The number of nitrogens with zero attached hydrogens (tertiary/aromatic N) is 1. The van der Waals surface area contributed by atoms with E-state index in [1.165, 1.54) is 0 Å². The summed E-state index contributed by atoms with van der Waals surface area (Å²) in [6.07, 6.45) is 2.83. The van der Waals surface area contributed by atoms with Crippen molar-refractivity contribution in [1.29, 1.82) is 0 Å². The second kappa shape index (κ2) is 7.27. The first-order chi connectivity index (χ1) is 8.13. The van der Waals surface area contributed by atoms with Gasteiger partial charge in [-0.25, -0.2) is 0 Å². The average molecular weight is 243 g/mol. The predicted octanol–water partition coefficient (Wildman–Crippen LogP) is 1.13. The Morgan fingerprint density at radius 1 is 1.47 bits per heavy atom. The number of aliphatic carboxylic acids is 1. The van der Waals surface area contributed by atoms with E-state index in [4.69, 9.17) is 9.84 Å². The number of piperidine rings is 1. The molecule has 1 fully saturated rings. The Labute approximate surface area is 102 Å². The molecule has 1 rings (SSSR count). The van der Waals surface area contributed by atoms with Crippen LogP contribution in [0.3, 0.4) is 0 Å². The largest absolute Gasteiger partial charge is 0.481 e. The number of rotatable bonds is 6. The van der Waals surface area contributed by atoms with E-state index in [9.17, 15) is 9.59 Å². The molecule has 0 saturated carbocycles. The molecule has 5 nitrogen and oxygen atoms in total. The summed E-state index contributed by atoms with van der Waals surface area (Å²) >= 11 is 0. The number of carboxylic acids is 1. The van der Waals surface area contributed by atoms with Crippen molar-refractivity contribution in [2.75, 3.05) is 26.3 Å². The number of likely N-dealkylation sites (tertiary alicyclic amines) is 1. The molecule has 98 valence electrons. The molecule has 0 aromatic rings. The molecule has 1 saturated heterocycles. The van der Waals surface area contributed by atoms with Gasteiger partial charge in [0.15, 0.2) is 0 Å². The molecule has 0 spiro atoms. The molecule has 1 aliphatic rings. The Bertz CT molecular complexity index is 267. The molecule has 1 aliphatic heterocycles. The average Bonchev–Trinajstić information content (AvgIpc) is 2.33. The van der Waals surface area contributed by atoms with E-state index < -0.39 is 5.97 Å². The van der Waals surface area contributed by atoms with Crippen LogP contribution in [0.1, 0.15) is 32.6 Å². The number of hydrogen-bond acceptors (Lipinski definition) is 3. The fourth-order valence-electron chi connectivity index (χ4n) is 2.14. The van der Waals surface area contributed by atoms with Crippen LogP contribution >= 0.6 is 0 Å². The van der Waals surface area contributed by atoms with Crippen LogP contribution in [-0.2, 0) is 14.3 Å². The van der Waals surface area contributed by atoms with Gasteiger partial charge in [-0.2, -0.15) is 0 Å². The summed E-state index contributed by atoms with van der Waals surface area (Å²) < 4.78 is 5.10. The van der Waals surface area contributed by atoms with Gasteiger partial charge in [0.2, 0.25) is 5.91 Å². The Morgan fingerprint density at radius 3 is 2.88 bits per heavy atom. The van der Waals surface area contributed by atoms with E-state index in [1.54, 1.807) is 4.90 Å². The highest BCUT2D eigenvalue weighted by atomic mass is 16.5. The van der Waals surface area contributed by atoms with Gasteiger partial charge in [0.25, 0.3) is 0 Å². The third-order valence-corrected chi connectivity index (χ3v) is 3.07. The molecule has 0 bridgehead atoms. The Morgan fingerprint density at radius 2 is 2.24 bits per heavy atom. The molecule has 0 radical (unpaired) electrons. The van der Waals surface area contributed by atoms with Crippen LogP contribution in [0.15, 0.2) is 0 Å². The molecule has 0 aliphatic carbocycles. The van der Waals surface area contributed by atoms with Crippen LogP contribution in [0.4, 0.5) is 0 Å². The molecular weight excluding hydrogens is 222 g/mol. The van der Waals surface area contributed by atoms with Gasteiger partial charge in [-0.15, -0.1) is 0 Å². The van der Waals surface area contributed by atoms with Crippen molar-refractivity contribution in [3.8, 4) is 0 Å². The zero-order valence-corrected chi connectivity index (χ0v) is 10.4. The number of carbonyl (C=O) groups excluding carboxylic acids is 1. The highest BCUT2D eigenvalue weighted by Gasteiger charge is 2.23. The van der Waals surface area contributed by atoms with Crippen molar-refractivity contribution >= 4 is 11.9 Å². The molecule has 1 heterocycles. The molecule has 0 unspecified atom stereocenters. The highest BCUT2D eigenvalue weighted by Crippen LogP contribution is 2.21. The quantitative estimate of drug-likeness (QED) is 0.759. The third kappa shape index (κ3) is 5.17. The van der Waals surface area contributed by atoms with Gasteiger partial charge < -0.3 is 14.7 Å². The summed E-state index contributed by atoms with van der Waals surface area (Å²) in [4.78, 5) is 24.0. The number of amides is 1. The minimum atomic E-state index is -0.761. The van der Waals surface area contributed by atoms with Crippen molar-refractivity contribution in [2.24, 2.45) is 5.92 Å². The van der Waals surface area contributed by atoms with Gasteiger partial charge in [0.1, 0.15) is 6.61 Å². The van der Waals surface area contributed by atoms with E-state index in [-0.39, 0.29) is 18.9 Å². The maximum atomic E-state index is 11.7. The summed E-state index contributed by atoms with van der Waals surface area (Å²) in [5, 5.41) is 8.63. The van der Waals surface area contributed by atoms with Crippen LogP contribution < -0.4 is 0 Å². The number of carbonyl (C=O) groups is 2. The fraction of sp³-hybridized carbons (Fsp3) is 0.833. The van der Waals surface area contributed by atoms with E-state index in [0.717, 1.165) is 19.4 Å². The van der Waals surface area contributed by atoms with E-state index in [2.05, 4.69) is 0 Å². The standard InChI is InChI=1S/C12H21NO4/c1-2-17-9-11(14)13-7-3-4-10(8-13)5-6-12(15)16/h10H,2-9H2,1H3,(H,15,16)/t10-/m0/s1. The van der Waals surface area contributed by atoms with E-state index in [0.29, 0.717) is 25.5 Å². The van der Waals surface area contributed by atoms with Crippen molar-refractivity contribution in [1.82, 2.24) is 4.90 Å². The maximum Gasteiger partial charge on any atom is 0.303 e. The number of carboxylic acid groups (broad SMARTS) is 1. The Kier molecular flexibility index (Phi) is 5.97. The molecule has 1 N–H and O–H groups in total. The van der Waals surface area contributed by atoms with Gasteiger partial charge in [-0.05, 0) is 32.1 Å². The summed E-state index contributed by atoms with van der Waals surface area (Å²) in [5.41, 5.74) is 0. The van der Waals surface area contributed by atoms with Crippen molar-refractivity contribution in [3.05, 3.63) is 0 Å². The number of ether oxygens (including phenoxy) is 1. The van der Waals surface area contributed by atoms with Crippen molar-refractivity contribution in [2.45, 2.75) is 32.6 Å². The van der Waals surface area contributed by atoms with Crippen molar-refractivity contribution < 1.29 is 19.4 Å². The molecule has 1 amide bonds. The smallest absolute Gasteiger partial charge is 0.303 e. The lowest BCUT2D eigenvalue weighted by atomic mass is 9.93. The highest BCUT2D eigenvalue weighted by molar-refractivity contribution is 5.77. The molecular formula is C12H21NO4. The minimum absolute atomic E-state index is 0.0203. The zero-order valence-electron chi connectivity index (χ0n) is 10.4. The predicted molar refractivity (Wildman–Crippen MR) is 62.7 cm³/mol. The van der Waals surface area contributed by atoms with E-state index >= 15 is 0 Å². The zero-order chi connectivity index (χ0) is 12.7. The second-order valence-electron chi connectivity index (χ2n) is 4.42. The van der Waals surface area contributed by atoms with Crippen LogP contribution in [-0.4, -0.2) is 48.2 Å². The summed E-state index contributed by atoms with van der Waals surface area (Å²) in [7, 11) is 0. The number of hydrogen-bond donors (Lipinski definition) is 1. The fourth-order valence-corrected chi connectivity index (χ4v) is 2.14. The van der Waals surface area contributed by atoms with Gasteiger partial charge in [0.05, 0.1) is 0 Å². The van der Waals surface area contributed by atoms with Gasteiger partial charge >= 0.3 is 5.97 Å². The van der Waals surface area contributed by atoms with E-state index in [1.807, 2.05) is 6.92 Å². The Hall–Kier alpha value is -1.10. The van der Waals surface area contributed by atoms with Crippen LogP contribution in [0.25, 0.3) is 0 Å². The molecule has 5 heteroatoms. The second-order valence-corrected chi connectivity index (χ2v) is 4.42. The van der Waals surface area contributed by atoms with Crippen LogP contribution in [0, 0.1) is 5.92 Å². The summed E-state index contributed by atoms with van der Waals surface area (Å²) in [5.74, 6) is -0.417. The monoisotopic (exact) mass is 243 g/mol. The van der Waals surface area contributed by atoms with Crippen molar-refractivity contribution in [3.63, 3.8) is 0 Å². The summed E-state index contributed by atoms with van der Waals surface area (Å²) in [6.45, 7) is 4.00. The normalized spacial score (nSPS) is 20.3. The Balaban J connectivity index is 2.32. The lowest BCUT2D eigenvalue weighted by molar-refractivity contribution is -0.138. The minimum Gasteiger partial charge on any atom is -0.481 e. The SMILES string of the molecule is CCOCC(=O)N1CCC[C@@H](CCC(=O)O)C1. The first-order valence-corrected chi connectivity index (χ1v) is 6.20.